The highest BCUT2D eigenvalue weighted by molar-refractivity contribution is 9.10. The van der Waals surface area contributed by atoms with E-state index >= 15 is 0 Å². The van der Waals surface area contributed by atoms with Crippen LogP contribution in [-0.4, -0.2) is 32.9 Å². The van der Waals surface area contributed by atoms with Crippen molar-refractivity contribution in [2.75, 3.05) is 6.61 Å². The lowest BCUT2D eigenvalue weighted by molar-refractivity contribution is -0.142. The normalized spacial score (nSPS) is 11.1. The Balaban J connectivity index is 1.40. The standard InChI is InChI=1S/C22H18BrN3O4/c1-13-21(15-4-2-3-5-18(15)25-13)19(27)11-30-20(28)8-9-26-12-24-17-7-6-14(23)10-16(17)22(26)29/h2-7,10,12,25H,8-9,11H2,1H3. The van der Waals surface area contributed by atoms with Gasteiger partial charge in [-0.2, -0.15) is 0 Å². The van der Waals surface area contributed by atoms with E-state index in [0.29, 0.717) is 16.5 Å². The lowest BCUT2D eigenvalue weighted by Gasteiger charge is -2.07. The molecule has 0 radical (unpaired) electrons. The van der Waals surface area contributed by atoms with Crippen molar-refractivity contribution < 1.29 is 14.3 Å². The van der Waals surface area contributed by atoms with Crippen molar-refractivity contribution in [2.24, 2.45) is 0 Å². The maximum absolute atomic E-state index is 12.6. The Morgan fingerprint density at radius 3 is 2.80 bits per heavy atom. The van der Waals surface area contributed by atoms with Crippen molar-refractivity contribution in [1.29, 1.82) is 0 Å². The number of ether oxygens (including phenoxy) is 1. The second kappa shape index (κ2) is 8.23. The average Bonchev–Trinajstić information content (AvgIpc) is 3.07. The molecule has 0 fully saturated rings. The minimum atomic E-state index is -0.554. The lowest BCUT2D eigenvalue weighted by atomic mass is 10.1. The Labute approximate surface area is 179 Å². The van der Waals surface area contributed by atoms with Gasteiger partial charge in [-0.05, 0) is 31.2 Å². The highest BCUT2D eigenvalue weighted by Crippen LogP contribution is 2.22. The Morgan fingerprint density at radius 1 is 1.17 bits per heavy atom. The maximum Gasteiger partial charge on any atom is 0.308 e. The number of aromatic nitrogens is 3. The number of halogens is 1. The van der Waals surface area contributed by atoms with Crippen LogP contribution in [0.4, 0.5) is 0 Å². The molecule has 1 N–H and O–H groups in total. The zero-order valence-corrected chi connectivity index (χ0v) is 17.7. The summed E-state index contributed by atoms with van der Waals surface area (Å²) in [6.07, 6.45) is 1.37. The molecule has 0 amide bonds. The molecule has 2 heterocycles. The van der Waals surface area contributed by atoms with Crippen molar-refractivity contribution in [3.05, 3.63) is 74.9 Å². The van der Waals surface area contributed by atoms with Crippen LogP contribution in [0.2, 0.25) is 0 Å². The molecule has 0 atom stereocenters. The number of benzene rings is 2. The monoisotopic (exact) mass is 467 g/mol. The second-order valence-electron chi connectivity index (χ2n) is 6.91. The van der Waals surface area contributed by atoms with Gasteiger partial charge in [-0.25, -0.2) is 4.98 Å². The second-order valence-corrected chi connectivity index (χ2v) is 7.82. The number of para-hydroxylation sites is 1. The topological polar surface area (TPSA) is 94.1 Å². The first-order valence-electron chi connectivity index (χ1n) is 9.35. The van der Waals surface area contributed by atoms with E-state index in [9.17, 15) is 14.4 Å². The highest BCUT2D eigenvalue weighted by Gasteiger charge is 2.17. The lowest BCUT2D eigenvalue weighted by Crippen LogP contribution is -2.23. The van der Waals surface area contributed by atoms with Gasteiger partial charge in [0, 0.05) is 33.2 Å². The summed E-state index contributed by atoms with van der Waals surface area (Å²) in [7, 11) is 0. The SMILES string of the molecule is Cc1[nH]c2ccccc2c1C(=O)COC(=O)CCn1cnc2ccc(Br)cc2c1=O. The molecule has 0 aliphatic carbocycles. The third-order valence-corrected chi connectivity index (χ3v) is 5.37. The van der Waals surface area contributed by atoms with E-state index in [1.54, 1.807) is 12.1 Å². The number of ketones is 1. The molecule has 8 heteroatoms. The van der Waals surface area contributed by atoms with Crippen LogP contribution in [0.15, 0.2) is 58.1 Å². The summed E-state index contributed by atoms with van der Waals surface area (Å²) >= 11 is 3.34. The molecule has 7 nitrogen and oxygen atoms in total. The fourth-order valence-corrected chi connectivity index (χ4v) is 3.79. The number of hydrogen-bond acceptors (Lipinski definition) is 5. The molecule has 0 saturated heterocycles. The van der Waals surface area contributed by atoms with Gasteiger partial charge in [-0.1, -0.05) is 34.1 Å². The molecule has 4 rings (SSSR count). The van der Waals surface area contributed by atoms with E-state index in [4.69, 9.17) is 4.74 Å². The molecule has 0 bridgehead atoms. The van der Waals surface area contributed by atoms with Crippen LogP contribution in [-0.2, 0) is 16.1 Å². The molecular formula is C22H18BrN3O4. The molecule has 0 aliphatic heterocycles. The maximum atomic E-state index is 12.6. The van der Waals surface area contributed by atoms with Crippen LogP contribution in [0, 0.1) is 6.92 Å². The zero-order chi connectivity index (χ0) is 21.3. The molecule has 0 unspecified atom stereocenters. The van der Waals surface area contributed by atoms with Crippen LogP contribution in [0.3, 0.4) is 0 Å². The number of nitrogens with zero attached hydrogens (tertiary/aromatic N) is 2. The average molecular weight is 468 g/mol. The van der Waals surface area contributed by atoms with Crippen molar-refractivity contribution in [1.82, 2.24) is 14.5 Å². The fraction of sp³-hybridized carbons (Fsp3) is 0.182. The quantitative estimate of drug-likeness (QED) is 0.344. The summed E-state index contributed by atoms with van der Waals surface area (Å²) in [6.45, 7) is 1.58. The fourth-order valence-electron chi connectivity index (χ4n) is 3.43. The summed E-state index contributed by atoms with van der Waals surface area (Å²) in [5.41, 5.74) is 2.47. The molecular weight excluding hydrogens is 450 g/mol. The van der Waals surface area contributed by atoms with E-state index in [-0.39, 0.29) is 30.9 Å². The van der Waals surface area contributed by atoms with E-state index in [1.807, 2.05) is 37.3 Å². The summed E-state index contributed by atoms with van der Waals surface area (Å²) in [4.78, 5) is 44.7. The number of aryl methyl sites for hydroxylation is 2. The number of nitrogens with one attached hydrogen (secondary N) is 1. The number of aromatic amines is 1. The van der Waals surface area contributed by atoms with Crippen LogP contribution >= 0.6 is 15.9 Å². The Kier molecular flexibility index (Phi) is 5.50. The van der Waals surface area contributed by atoms with E-state index < -0.39 is 5.97 Å². The minimum absolute atomic E-state index is 0.0404. The predicted octanol–water partition coefficient (Wildman–Crippen LogP) is 3.76. The van der Waals surface area contributed by atoms with Crippen LogP contribution in [0.1, 0.15) is 22.5 Å². The van der Waals surface area contributed by atoms with Crippen molar-refractivity contribution in [3.63, 3.8) is 0 Å². The molecule has 30 heavy (non-hydrogen) atoms. The Morgan fingerprint density at radius 2 is 1.97 bits per heavy atom. The first kappa shape index (κ1) is 20.0. The smallest absolute Gasteiger partial charge is 0.308 e. The number of fused-ring (bicyclic) bond motifs is 2. The van der Waals surface area contributed by atoms with Gasteiger partial charge in [0.05, 0.1) is 23.7 Å². The molecule has 2 aromatic carbocycles. The number of carbonyl (C=O) groups excluding carboxylic acids is 2. The Hall–Kier alpha value is -3.26. The number of esters is 1. The number of carbonyl (C=O) groups is 2. The van der Waals surface area contributed by atoms with Gasteiger partial charge in [0.1, 0.15) is 0 Å². The number of H-pyrrole nitrogens is 1. The molecule has 2 aromatic heterocycles. The summed E-state index contributed by atoms with van der Waals surface area (Å²) < 4.78 is 7.29. The van der Waals surface area contributed by atoms with Crippen LogP contribution in [0.5, 0.6) is 0 Å². The molecule has 0 aliphatic rings. The zero-order valence-electron chi connectivity index (χ0n) is 16.1. The van der Waals surface area contributed by atoms with Crippen LogP contribution < -0.4 is 5.56 Å². The van der Waals surface area contributed by atoms with Crippen molar-refractivity contribution in [3.8, 4) is 0 Å². The van der Waals surface area contributed by atoms with Gasteiger partial charge < -0.3 is 9.72 Å². The van der Waals surface area contributed by atoms with E-state index in [1.165, 1.54) is 10.9 Å². The Bertz CT molecular complexity index is 1340. The van der Waals surface area contributed by atoms with Gasteiger partial charge in [-0.15, -0.1) is 0 Å². The molecule has 152 valence electrons. The largest absolute Gasteiger partial charge is 0.457 e. The minimum Gasteiger partial charge on any atom is -0.457 e. The molecule has 0 spiro atoms. The number of rotatable bonds is 6. The third-order valence-electron chi connectivity index (χ3n) is 4.88. The van der Waals surface area contributed by atoms with E-state index in [2.05, 4.69) is 25.9 Å². The third kappa shape index (κ3) is 3.91. The summed E-state index contributed by atoms with van der Waals surface area (Å²) in [5, 5.41) is 1.27. The van der Waals surface area contributed by atoms with Gasteiger partial charge >= 0.3 is 5.97 Å². The summed E-state index contributed by atoms with van der Waals surface area (Å²) in [6, 6.07) is 12.7. The highest BCUT2D eigenvalue weighted by atomic mass is 79.9. The van der Waals surface area contributed by atoms with Crippen molar-refractivity contribution in [2.45, 2.75) is 19.9 Å². The van der Waals surface area contributed by atoms with Gasteiger partial charge in [0.25, 0.3) is 5.56 Å². The van der Waals surface area contributed by atoms with E-state index in [0.717, 1.165) is 21.1 Å². The van der Waals surface area contributed by atoms with Gasteiger partial charge in [-0.3, -0.25) is 19.0 Å². The van der Waals surface area contributed by atoms with Crippen LogP contribution in [0.25, 0.3) is 21.8 Å². The number of hydrogen-bond donors (Lipinski definition) is 1. The first-order valence-corrected chi connectivity index (χ1v) is 10.1. The molecule has 0 saturated carbocycles. The van der Waals surface area contributed by atoms with Gasteiger partial charge in [0.2, 0.25) is 5.78 Å². The predicted molar refractivity (Wildman–Crippen MR) is 117 cm³/mol. The van der Waals surface area contributed by atoms with Crippen molar-refractivity contribution >= 4 is 49.5 Å². The first-order chi connectivity index (χ1) is 14.4. The summed E-state index contributed by atoms with van der Waals surface area (Å²) in [5.74, 6) is -0.824. The number of Topliss-reactive ketones (excluding diaryl/α,β-unsaturated/α-hetero) is 1. The molecule has 4 aromatic rings. The van der Waals surface area contributed by atoms with Gasteiger partial charge in [0.15, 0.2) is 6.61 Å².